The molecular weight excluding hydrogens is 280 g/mol. The summed E-state index contributed by atoms with van der Waals surface area (Å²) in [5.74, 6) is -1.95. The van der Waals surface area contributed by atoms with Crippen molar-refractivity contribution in [3.8, 4) is 0 Å². The molecule has 0 heterocycles. The smallest absolute Gasteiger partial charge is 0.317 e. The van der Waals surface area contributed by atoms with Crippen LogP contribution in [0.15, 0.2) is 30.3 Å². The molecular formula is C18H24O4. The zero-order chi connectivity index (χ0) is 16.5. The number of Topliss-reactive ketones (excluding diaryl/α,β-unsaturated/α-hetero) is 1. The predicted molar refractivity (Wildman–Crippen MR) is 83.4 cm³/mol. The SMILES string of the molecule is CC(C)(C)OC(=O)[C@H]1C(=O)C[C@](C)(O)C[C@@H]1c1ccccc1. The third-order valence-electron chi connectivity index (χ3n) is 3.85. The molecule has 0 aliphatic heterocycles. The molecule has 4 nitrogen and oxygen atoms in total. The van der Waals surface area contributed by atoms with Crippen LogP contribution in [0.5, 0.6) is 0 Å². The highest BCUT2D eigenvalue weighted by Crippen LogP contribution is 2.41. The molecule has 1 N–H and O–H groups in total. The number of carbonyl (C=O) groups excluding carboxylic acids is 2. The molecule has 3 atom stereocenters. The molecule has 1 aliphatic carbocycles. The molecule has 120 valence electrons. The molecule has 1 aromatic carbocycles. The molecule has 1 aromatic rings. The van der Waals surface area contributed by atoms with Gasteiger partial charge in [-0.05, 0) is 39.7 Å². The lowest BCUT2D eigenvalue weighted by Gasteiger charge is -2.38. The van der Waals surface area contributed by atoms with Gasteiger partial charge in [0.15, 0.2) is 5.78 Å². The number of esters is 1. The van der Waals surface area contributed by atoms with E-state index < -0.39 is 23.1 Å². The normalized spacial score (nSPS) is 29.2. The van der Waals surface area contributed by atoms with Crippen molar-refractivity contribution >= 4 is 11.8 Å². The second kappa shape index (κ2) is 5.84. The number of carbonyl (C=O) groups is 2. The number of ketones is 1. The van der Waals surface area contributed by atoms with E-state index in [2.05, 4.69) is 0 Å². The van der Waals surface area contributed by atoms with Crippen LogP contribution in [0.1, 0.15) is 52.0 Å². The fraction of sp³-hybridized carbons (Fsp3) is 0.556. The highest BCUT2D eigenvalue weighted by atomic mass is 16.6. The van der Waals surface area contributed by atoms with Crippen molar-refractivity contribution in [3.05, 3.63) is 35.9 Å². The summed E-state index contributed by atoms with van der Waals surface area (Å²) in [5.41, 5.74) is -0.846. The highest BCUT2D eigenvalue weighted by Gasteiger charge is 2.47. The van der Waals surface area contributed by atoms with Crippen LogP contribution in [0.3, 0.4) is 0 Å². The van der Waals surface area contributed by atoms with Gasteiger partial charge in [-0.1, -0.05) is 30.3 Å². The second-order valence-electron chi connectivity index (χ2n) is 7.37. The minimum Gasteiger partial charge on any atom is -0.459 e. The van der Waals surface area contributed by atoms with Gasteiger partial charge in [-0.2, -0.15) is 0 Å². The highest BCUT2D eigenvalue weighted by molar-refractivity contribution is 6.01. The van der Waals surface area contributed by atoms with Gasteiger partial charge < -0.3 is 9.84 Å². The summed E-state index contributed by atoms with van der Waals surface area (Å²) < 4.78 is 5.43. The van der Waals surface area contributed by atoms with Crippen LogP contribution in [-0.4, -0.2) is 28.1 Å². The molecule has 0 unspecified atom stereocenters. The molecule has 0 spiro atoms. The maximum Gasteiger partial charge on any atom is 0.317 e. The molecule has 22 heavy (non-hydrogen) atoms. The summed E-state index contributed by atoms with van der Waals surface area (Å²) in [6.07, 6.45) is 0.354. The van der Waals surface area contributed by atoms with Crippen LogP contribution in [0.4, 0.5) is 0 Å². The second-order valence-corrected chi connectivity index (χ2v) is 7.37. The average molecular weight is 304 g/mol. The first-order chi connectivity index (χ1) is 10.1. The van der Waals surface area contributed by atoms with Crippen LogP contribution in [-0.2, 0) is 14.3 Å². The van der Waals surface area contributed by atoms with Gasteiger partial charge in [0.1, 0.15) is 11.5 Å². The van der Waals surface area contributed by atoms with E-state index >= 15 is 0 Å². The van der Waals surface area contributed by atoms with E-state index in [1.54, 1.807) is 27.7 Å². The molecule has 1 aliphatic rings. The average Bonchev–Trinajstić information content (AvgIpc) is 2.35. The summed E-state index contributed by atoms with van der Waals surface area (Å²) in [7, 11) is 0. The van der Waals surface area contributed by atoms with Crippen LogP contribution >= 0.6 is 0 Å². The van der Waals surface area contributed by atoms with Crippen molar-refractivity contribution in [2.24, 2.45) is 5.92 Å². The Bertz CT molecular complexity index is 554. The van der Waals surface area contributed by atoms with Gasteiger partial charge in [-0.3, -0.25) is 9.59 Å². The van der Waals surface area contributed by atoms with Crippen molar-refractivity contribution in [2.45, 2.75) is 57.7 Å². The summed E-state index contributed by atoms with van der Waals surface area (Å²) in [6, 6.07) is 9.40. The van der Waals surface area contributed by atoms with Crippen LogP contribution in [0, 0.1) is 5.92 Å². The maximum atomic E-state index is 12.5. The topological polar surface area (TPSA) is 63.6 Å². The van der Waals surface area contributed by atoms with Crippen LogP contribution in [0.2, 0.25) is 0 Å². The number of rotatable bonds is 2. The first-order valence-electron chi connectivity index (χ1n) is 7.62. The fourth-order valence-electron chi connectivity index (χ4n) is 3.04. The minimum absolute atomic E-state index is 0.0136. The maximum absolute atomic E-state index is 12.5. The van der Waals surface area contributed by atoms with Gasteiger partial charge in [0.2, 0.25) is 0 Å². The number of benzene rings is 1. The van der Waals surface area contributed by atoms with Crippen molar-refractivity contribution < 1.29 is 19.4 Å². The lowest BCUT2D eigenvalue weighted by Crippen LogP contribution is -2.46. The largest absolute Gasteiger partial charge is 0.459 e. The third-order valence-corrected chi connectivity index (χ3v) is 3.85. The minimum atomic E-state index is -1.09. The zero-order valence-corrected chi connectivity index (χ0v) is 13.6. The molecule has 0 aromatic heterocycles. The van der Waals surface area contributed by atoms with Gasteiger partial charge in [-0.15, -0.1) is 0 Å². The van der Waals surface area contributed by atoms with E-state index in [1.807, 2.05) is 30.3 Å². The molecule has 0 bridgehead atoms. The summed E-state index contributed by atoms with van der Waals surface area (Å²) in [5, 5.41) is 10.3. The van der Waals surface area contributed by atoms with E-state index in [0.717, 1.165) is 5.56 Å². The van der Waals surface area contributed by atoms with Crippen molar-refractivity contribution in [1.82, 2.24) is 0 Å². The molecule has 1 fully saturated rings. The van der Waals surface area contributed by atoms with Crippen molar-refractivity contribution in [3.63, 3.8) is 0 Å². The molecule has 0 radical (unpaired) electrons. The molecule has 0 saturated heterocycles. The van der Waals surface area contributed by atoms with Crippen molar-refractivity contribution in [1.29, 1.82) is 0 Å². The van der Waals surface area contributed by atoms with Gasteiger partial charge in [0, 0.05) is 12.3 Å². The predicted octanol–water partition coefficient (Wildman–Crippen LogP) is 2.84. The molecule has 1 saturated carbocycles. The third kappa shape index (κ3) is 3.95. The summed E-state index contributed by atoms with van der Waals surface area (Å²) in [6.45, 7) is 7.00. The van der Waals surface area contributed by atoms with E-state index in [9.17, 15) is 14.7 Å². The Balaban J connectivity index is 2.35. The first kappa shape index (κ1) is 16.7. The summed E-state index contributed by atoms with van der Waals surface area (Å²) >= 11 is 0. The molecule has 4 heteroatoms. The molecule has 0 amide bonds. The number of hydrogen-bond donors (Lipinski definition) is 1. The van der Waals surface area contributed by atoms with Gasteiger partial charge in [0.05, 0.1) is 5.60 Å². The Hall–Kier alpha value is -1.68. The van der Waals surface area contributed by atoms with Gasteiger partial charge >= 0.3 is 5.97 Å². The Kier molecular flexibility index (Phi) is 4.43. The quantitative estimate of drug-likeness (QED) is 0.674. The monoisotopic (exact) mass is 304 g/mol. The number of ether oxygens (including phenoxy) is 1. The number of aliphatic hydroxyl groups is 1. The van der Waals surface area contributed by atoms with E-state index in [-0.39, 0.29) is 18.1 Å². The summed E-state index contributed by atoms with van der Waals surface area (Å²) in [4.78, 5) is 25.0. The van der Waals surface area contributed by atoms with Crippen LogP contribution < -0.4 is 0 Å². The lowest BCUT2D eigenvalue weighted by atomic mass is 9.69. The molecule has 2 rings (SSSR count). The Labute approximate surface area is 131 Å². The zero-order valence-electron chi connectivity index (χ0n) is 13.6. The fourth-order valence-corrected chi connectivity index (χ4v) is 3.04. The standard InChI is InChI=1S/C18H24O4/c1-17(2,3)22-16(20)15-13(12-8-6-5-7-9-12)10-18(4,21)11-14(15)19/h5-9,13,15,21H,10-11H2,1-4H3/t13-,15-,18-/m1/s1. The van der Waals surface area contributed by atoms with E-state index in [1.165, 1.54) is 0 Å². The van der Waals surface area contributed by atoms with Crippen LogP contribution in [0.25, 0.3) is 0 Å². The van der Waals surface area contributed by atoms with E-state index in [0.29, 0.717) is 6.42 Å². The Morgan fingerprint density at radius 1 is 1.27 bits per heavy atom. The Morgan fingerprint density at radius 3 is 2.41 bits per heavy atom. The van der Waals surface area contributed by atoms with Crippen molar-refractivity contribution in [2.75, 3.05) is 0 Å². The Morgan fingerprint density at radius 2 is 1.86 bits per heavy atom. The lowest BCUT2D eigenvalue weighted by molar-refractivity contribution is -0.166. The van der Waals surface area contributed by atoms with Gasteiger partial charge in [-0.25, -0.2) is 0 Å². The number of hydrogen-bond acceptors (Lipinski definition) is 4. The first-order valence-corrected chi connectivity index (χ1v) is 7.62. The van der Waals surface area contributed by atoms with E-state index in [4.69, 9.17) is 4.74 Å². The van der Waals surface area contributed by atoms with Gasteiger partial charge in [0.25, 0.3) is 0 Å².